The predicted octanol–water partition coefficient (Wildman–Crippen LogP) is 3.54. The monoisotopic (exact) mass is 372 g/mol. The summed E-state index contributed by atoms with van der Waals surface area (Å²) in [5, 5.41) is 0. The Morgan fingerprint density at radius 3 is 2.12 bits per heavy atom. The number of nitrogens with one attached hydrogen (secondary N) is 2. The second kappa shape index (κ2) is 9.16. The van der Waals surface area contributed by atoms with Gasteiger partial charge < -0.3 is 9.16 Å². The molecule has 0 aliphatic heterocycles. The molecule has 6 nitrogen and oxygen atoms in total. The van der Waals surface area contributed by atoms with Crippen molar-refractivity contribution in [2.45, 2.75) is 32.3 Å². The topological polar surface area (TPSA) is 76.7 Å². The van der Waals surface area contributed by atoms with Crippen molar-refractivity contribution in [2.75, 3.05) is 0 Å². The maximum absolute atomic E-state index is 12.5. The molecule has 1 amide bonds. The summed E-state index contributed by atoms with van der Waals surface area (Å²) in [6.45, 7) is 5.92. The first-order valence-electron chi connectivity index (χ1n) is 8.35. The third-order valence-corrected chi connectivity index (χ3v) is 4.12. The Balaban J connectivity index is 1.96. The van der Waals surface area contributed by atoms with Gasteiger partial charge in [0, 0.05) is 0 Å². The zero-order valence-corrected chi connectivity index (χ0v) is 16.2. The molecule has 0 spiro atoms. The summed E-state index contributed by atoms with van der Waals surface area (Å²) >= 11 is 0. The molecule has 0 aliphatic rings. The summed E-state index contributed by atoms with van der Waals surface area (Å²) in [7, 11) is -2.06. The molecule has 138 valence electrons. The molecule has 7 heteroatoms. The van der Waals surface area contributed by atoms with Crippen LogP contribution >= 0.6 is 0 Å². The van der Waals surface area contributed by atoms with Crippen LogP contribution in [0.15, 0.2) is 60.7 Å². The second-order valence-electron chi connectivity index (χ2n) is 6.71. The van der Waals surface area contributed by atoms with E-state index in [1.54, 1.807) is 12.1 Å². The number of hydrazine groups is 1. The molecule has 2 rings (SSSR count). The molecule has 26 heavy (non-hydrogen) atoms. The summed E-state index contributed by atoms with van der Waals surface area (Å²) in [5.41, 5.74) is 6.71. The van der Waals surface area contributed by atoms with Gasteiger partial charge in [0.15, 0.2) is 0 Å². The van der Waals surface area contributed by atoms with Crippen LogP contribution in [0.1, 0.15) is 17.2 Å². The molecule has 0 unspecified atom stereocenters. The van der Waals surface area contributed by atoms with Crippen LogP contribution in [0.5, 0.6) is 0 Å². The zero-order valence-electron chi connectivity index (χ0n) is 15.2. The molecule has 0 aromatic heterocycles. The van der Waals surface area contributed by atoms with Crippen LogP contribution in [0.2, 0.25) is 19.6 Å². The smallest absolute Gasteiger partial charge is 0.421 e. The minimum atomic E-state index is -2.06. The van der Waals surface area contributed by atoms with Gasteiger partial charge in [-0.05, 0) is 30.8 Å². The molecular formula is C19H24N2O4Si. The van der Waals surface area contributed by atoms with Gasteiger partial charge in [-0.1, -0.05) is 60.7 Å². The van der Waals surface area contributed by atoms with Crippen molar-refractivity contribution in [1.82, 2.24) is 10.9 Å². The van der Waals surface area contributed by atoms with E-state index >= 15 is 0 Å². The lowest BCUT2D eigenvalue weighted by Gasteiger charge is -2.24. The molecule has 1 atom stereocenters. The van der Waals surface area contributed by atoms with Gasteiger partial charge in [0.05, 0.1) is 0 Å². The molecule has 0 heterocycles. The maximum atomic E-state index is 12.5. The Kier molecular flexibility index (Phi) is 6.94. The fourth-order valence-electron chi connectivity index (χ4n) is 2.17. The van der Waals surface area contributed by atoms with E-state index in [4.69, 9.17) is 9.16 Å². The Bertz CT molecular complexity index is 717. The van der Waals surface area contributed by atoms with Crippen molar-refractivity contribution in [1.29, 1.82) is 0 Å². The molecule has 0 fully saturated rings. The molecule has 0 bridgehead atoms. The third kappa shape index (κ3) is 6.70. The normalized spacial score (nSPS) is 12.1. The lowest BCUT2D eigenvalue weighted by Crippen LogP contribution is -2.45. The quantitative estimate of drug-likeness (QED) is 0.574. The Labute approximate surface area is 154 Å². The van der Waals surface area contributed by atoms with E-state index in [0.717, 1.165) is 5.56 Å². The van der Waals surface area contributed by atoms with Crippen molar-refractivity contribution < 1.29 is 18.8 Å². The zero-order chi connectivity index (χ0) is 19.0. The fraction of sp³-hybridized carbons (Fsp3) is 0.263. The standard InChI is InChI=1S/C19H24N2O4Si/c1-26(2,3)25-18(22)17(16-12-8-5-9-13-16)20-21-19(23)24-14-15-10-6-4-7-11-15/h4-13,17,20H,14H2,1-3H3,(H,21,23)/t17-/m1/s1. The Morgan fingerprint density at radius 1 is 0.962 bits per heavy atom. The van der Waals surface area contributed by atoms with Crippen LogP contribution < -0.4 is 10.9 Å². The number of amides is 1. The summed E-state index contributed by atoms with van der Waals surface area (Å²) in [6.07, 6.45) is -0.671. The summed E-state index contributed by atoms with van der Waals surface area (Å²) in [6, 6.07) is 17.6. The highest BCUT2D eigenvalue weighted by Gasteiger charge is 2.28. The first-order chi connectivity index (χ1) is 12.3. The molecule has 0 radical (unpaired) electrons. The number of rotatable bonds is 7. The van der Waals surface area contributed by atoms with Crippen LogP contribution in [0.25, 0.3) is 0 Å². The SMILES string of the molecule is C[Si](C)(C)OC(=O)[C@H](NNC(=O)OCc1ccccc1)c1ccccc1. The molecule has 2 aromatic carbocycles. The van der Waals surface area contributed by atoms with Crippen molar-refractivity contribution >= 4 is 20.4 Å². The van der Waals surface area contributed by atoms with E-state index in [0.29, 0.717) is 5.56 Å². The van der Waals surface area contributed by atoms with Gasteiger partial charge in [0.1, 0.15) is 12.6 Å². The van der Waals surface area contributed by atoms with Gasteiger partial charge in [0.25, 0.3) is 0 Å². The minimum Gasteiger partial charge on any atom is -0.518 e. The molecule has 0 saturated heterocycles. The molecule has 2 N–H and O–H groups in total. The highest BCUT2D eigenvalue weighted by Crippen LogP contribution is 2.16. The van der Waals surface area contributed by atoms with Gasteiger partial charge in [-0.2, -0.15) is 0 Å². The van der Waals surface area contributed by atoms with Gasteiger partial charge in [-0.25, -0.2) is 10.2 Å². The Hall–Kier alpha value is -2.64. The van der Waals surface area contributed by atoms with Gasteiger partial charge in [-0.3, -0.25) is 10.2 Å². The molecule has 2 aromatic rings. The van der Waals surface area contributed by atoms with Crippen LogP contribution in [0, 0.1) is 0 Å². The van der Waals surface area contributed by atoms with Crippen molar-refractivity contribution in [3.63, 3.8) is 0 Å². The van der Waals surface area contributed by atoms with Crippen LogP contribution in [-0.2, 0) is 20.6 Å². The van der Waals surface area contributed by atoms with Gasteiger partial charge in [-0.15, -0.1) is 0 Å². The maximum Gasteiger partial charge on any atom is 0.421 e. The number of carbonyl (C=O) groups is 2. The van der Waals surface area contributed by atoms with Crippen LogP contribution in [0.4, 0.5) is 4.79 Å². The second-order valence-corrected chi connectivity index (χ2v) is 11.1. The number of carbonyl (C=O) groups excluding carboxylic acids is 2. The highest BCUT2D eigenvalue weighted by molar-refractivity contribution is 6.71. The van der Waals surface area contributed by atoms with E-state index in [9.17, 15) is 9.59 Å². The first-order valence-corrected chi connectivity index (χ1v) is 11.8. The van der Waals surface area contributed by atoms with Crippen molar-refractivity contribution in [2.24, 2.45) is 0 Å². The Morgan fingerprint density at radius 2 is 1.54 bits per heavy atom. The van der Waals surface area contributed by atoms with Crippen molar-refractivity contribution in [3.05, 3.63) is 71.8 Å². The van der Waals surface area contributed by atoms with Crippen molar-refractivity contribution in [3.8, 4) is 0 Å². The number of ether oxygens (including phenoxy) is 1. The summed E-state index contributed by atoms with van der Waals surface area (Å²) in [5.74, 6) is -0.432. The van der Waals surface area contributed by atoms with E-state index in [-0.39, 0.29) is 6.61 Å². The lowest BCUT2D eigenvalue weighted by molar-refractivity contribution is -0.137. The third-order valence-electron chi connectivity index (χ3n) is 3.31. The fourth-order valence-corrected chi connectivity index (χ4v) is 2.90. The first kappa shape index (κ1) is 19.7. The molecular weight excluding hydrogens is 348 g/mol. The van der Waals surface area contributed by atoms with Gasteiger partial charge >= 0.3 is 12.1 Å². The van der Waals surface area contributed by atoms with E-state index in [2.05, 4.69) is 10.9 Å². The summed E-state index contributed by atoms with van der Waals surface area (Å²) < 4.78 is 10.7. The number of hydrogen-bond acceptors (Lipinski definition) is 5. The predicted molar refractivity (Wildman–Crippen MR) is 102 cm³/mol. The van der Waals surface area contributed by atoms with E-state index in [1.807, 2.05) is 68.2 Å². The van der Waals surface area contributed by atoms with E-state index < -0.39 is 26.4 Å². The minimum absolute atomic E-state index is 0.143. The van der Waals surface area contributed by atoms with Gasteiger partial charge in [0.2, 0.25) is 8.32 Å². The van der Waals surface area contributed by atoms with Crippen LogP contribution in [-0.4, -0.2) is 20.4 Å². The van der Waals surface area contributed by atoms with Crippen LogP contribution in [0.3, 0.4) is 0 Å². The molecule has 0 saturated carbocycles. The average Bonchev–Trinajstić information content (AvgIpc) is 2.60. The molecule has 0 aliphatic carbocycles. The average molecular weight is 372 g/mol. The number of hydrogen-bond donors (Lipinski definition) is 2. The lowest BCUT2D eigenvalue weighted by atomic mass is 10.1. The number of benzene rings is 2. The largest absolute Gasteiger partial charge is 0.518 e. The highest BCUT2D eigenvalue weighted by atomic mass is 28.4. The van der Waals surface area contributed by atoms with E-state index in [1.165, 1.54) is 0 Å². The summed E-state index contributed by atoms with van der Waals surface area (Å²) in [4.78, 5) is 24.4.